The standard InChI is InChI=1S/C5H9N5O2/c1-10(2-3(6)11)5-9-8-4(7)12-5/h2H2,1H3,(H2,6,11)(H2,7,8). The molecule has 0 bridgehead atoms. The number of amides is 1. The van der Waals surface area contributed by atoms with Gasteiger partial charge in [0.25, 0.3) is 0 Å². The first-order valence-corrected chi connectivity index (χ1v) is 3.18. The second-order valence-electron chi connectivity index (χ2n) is 2.25. The van der Waals surface area contributed by atoms with Gasteiger partial charge in [-0.15, -0.1) is 0 Å². The second kappa shape index (κ2) is 3.07. The summed E-state index contributed by atoms with van der Waals surface area (Å²) in [6.45, 7) is 0.0155. The van der Waals surface area contributed by atoms with Gasteiger partial charge in [0.1, 0.15) is 6.54 Å². The number of nitrogens with zero attached hydrogens (tertiary/aromatic N) is 3. The van der Waals surface area contributed by atoms with E-state index >= 15 is 0 Å². The lowest BCUT2D eigenvalue weighted by Gasteiger charge is -2.09. The lowest BCUT2D eigenvalue weighted by molar-refractivity contribution is -0.116. The minimum atomic E-state index is -0.478. The number of nitrogens with two attached hydrogens (primary N) is 2. The zero-order valence-corrected chi connectivity index (χ0v) is 6.52. The Morgan fingerprint density at radius 2 is 2.33 bits per heavy atom. The maximum atomic E-state index is 10.4. The van der Waals surface area contributed by atoms with Gasteiger partial charge >= 0.3 is 12.0 Å². The molecule has 1 heterocycles. The molecule has 1 aromatic rings. The van der Waals surface area contributed by atoms with Crippen LogP contribution in [-0.2, 0) is 4.79 Å². The van der Waals surface area contributed by atoms with Crippen molar-refractivity contribution in [2.45, 2.75) is 0 Å². The minimum Gasteiger partial charge on any atom is -0.390 e. The molecule has 7 heteroatoms. The summed E-state index contributed by atoms with van der Waals surface area (Å²) >= 11 is 0. The number of nitrogen functional groups attached to an aromatic ring is 1. The van der Waals surface area contributed by atoms with E-state index in [-0.39, 0.29) is 18.6 Å². The third-order valence-corrected chi connectivity index (χ3v) is 1.15. The van der Waals surface area contributed by atoms with Crippen LogP contribution in [0.4, 0.5) is 12.0 Å². The molecule has 0 aliphatic carbocycles. The smallest absolute Gasteiger partial charge is 0.319 e. The van der Waals surface area contributed by atoms with Crippen LogP contribution in [0.5, 0.6) is 0 Å². The molecule has 66 valence electrons. The maximum absolute atomic E-state index is 10.4. The normalized spacial score (nSPS) is 9.75. The Labute approximate surface area is 68.3 Å². The van der Waals surface area contributed by atoms with Crippen LogP contribution in [0.25, 0.3) is 0 Å². The molecule has 0 radical (unpaired) electrons. The van der Waals surface area contributed by atoms with Crippen molar-refractivity contribution in [1.82, 2.24) is 10.2 Å². The summed E-state index contributed by atoms with van der Waals surface area (Å²) in [5, 5.41) is 6.96. The van der Waals surface area contributed by atoms with E-state index in [0.29, 0.717) is 0 Å². The summed E-state index contributed by atoms with van der Waals surface area (Å²) in [7, 11) is 1.59. The van der Waals surface area contributed by atoms with E-state index in [1.807, 2.05) is 0 Å². The van der Waals surface area contributed by atoms with Crippen molar-refractivity contribution in [2.24, 2.45) is 5.73 Å². The number of hydrogen-bond donors (Lipinski definition) is 2. The van der Waals surface area contributed by atoms with E-state index in [9.17, 15) is 4.79 Å². The molecule has 0 spiro atoms. The molecule has 4 N–H and O–H groups in total. The van der Waals surface area contributed by atoms with Crippen molar-refractivity contribution in [2.75, 3.05) is 24.2 Å². The van der Waals surface area contributed by atoms with Crippen LogP contribution in [0.2, 0.25) is 0 Å². The molecule has 0 fully saturated rings. The Balaban J connectivity index is 2.64. The number of carbonyl (C=O) groups is 1. The maximum Gasteiger partial charge on any atom is 0.319 e. The lowest BCUT2D eigenvalue weighted by Crippen LogP contribution is -2.30. The van der Waals surface area contributed by atoms with Gasteiger partial charge in [0, 0.05) is 7.05 Å². The van der Waals surface area contributed by atoms with Crippen molar-refractivity contribution in [3.05, 3.63) is 0 Å². The molecule has 0 aliphatic heterocycles. The van der Waals surface area contributed by atoms with Crippen LogP contribution in [0.15, 0.2) is 4.42 Å². The van der Waals surface area contributed by atoms with Crippen molar-refractivity contribution in [1.29, 1.82) is 0 Å². The van der Waals surface area contributed by atoms with Crippen molar-refractivity contribution in [3.63, 3.8) is 0 Å². The first-order valence-electron chi connectivity index (χ1n) is 3.18. The number of primary amides is 1. The highest BCUT2D eigenvalue weighted by molar-refractivity contribution is 5.78. The topological polar surface area (TPSA) is 111 Å². The van der Waals surface area contributed by atoms with Crippen LogP contribution in [0.1, 0.15) is 0 Å². The predicted octanol–water partition coefficient (Wildman–Crippen LogP) is -1.43. The molecular formula is C5H9N5O2. The molecule has 0 aromatic carbocycles. The minimum absolute atomic E-state index is 0.0155. The molecule has 1 rings (SSSR count). The molecule has 12 heavy (non-hydrogen) atoms. The molecule has 0 saturated heterocycles. The Morgan fingerprint density at radius 3 is 2.75 bits per heavy atom. The second-order valence-corrected chi connectivity index (χ2v) is 2.25. The van der Waals surface area contributed by atoms with E-state index in [4.69, 9.17) is 15.9 Å². The third-order valence-electron chi connectivity index (χ3n) is 1.15. The summed E-state index contributed by atoms with van der Waals surface area (Å²) < 4.78 is 4.82. The fourth-order valence-corrected chi connectivity index (χ4v) is 0.682. The summed E-state index contributed by atoms with van der Waals surface area (Å²) in [6.07, 6.45) is 0. The Morgan fingerprint density at radius 1 is 1.67 bits per heavy atom. The quantitative estimate of drug-likeness (QED) is 0.576. The van der Waals surface area contributed by atoms with Crippen molar-refractivity contribution < 1.29 is 9.21 Å². The zero-order chi connectivity index (χ0) is 9.14. The zero-order valence-electron chi connectivity index (χ0n) is 6.52. The van der Waals surface area contributed by atoms with E-state index in [2.05, 4.69) is 10.2 Å². The third kappa shape index (κ3) is 1.84. The molecule has 1 amide bonds. The van der Waals surface area contributed by atoms with Crippen LogP contribution >= 0.6 is 0 Å². The van der Waals surface area contributed by atoms with Gasteiger partial charge in [-0.05, 0) is 0 Å². The van der Waals surface area contributed by atoms with Crippen molar-refractivity contribution >= 4 is 17.9 Å². The molecule has 7 nitrogen and oxygen atoms in total. The van der Waals surface area contributed by atoms with E-state index in [1.54, 1.807) is 7.05 Å². The van der Waals surface area contributed by atoms with Gasteiger partial charge in [-0.1, -0.05) is 10.2 Å². The first kappa shape index (κ1) is 8.31. The summed E-state index contributed by atoms with van der Waals surface area (Å²) in [4.78, 5) is 11.9. The van der Waals surface area contributed by atoms with Gasteiger partial charge in [-0.3, -0.25) is 4.79 Å². The number of rotatable bonds is 3. The number of carbonyl (C=O) groups excluding carboxylic acids is 1. The summed E-state index contributed by atoms with van der Waals surface area (Å²) in [6, 6.07) is 0.132. The largest absolute Gasteiger partial charge is 0.390 e. The number of anilines is 2. The molecule has 1 aromatic heterocycles. The highest BCUT2D eigenvalue weighted by Crippen LogP contribution is 2.09. The van der Waals surface area contributed by atoms with Crippen LogP contribution in [-0.4, -0.2) is 29.7 Å². The van der Waals surface area contributed by atoms with Crippen LogP contribution in [0.3, 0.4) is 0 Å². The number of hydrogen-bond acceptors (Lipinski definition) is 6. The van der Waals surface area contributed by atoms with E-state index in [0.717, 1.165) is 0 Å². The highest BCUT2D eigenvalue weighted by Gasteiger charge is 2.10. The van der Waals surface area contributed by atoms with Gasteiger partial charge in [0.05, 0.1) is 0 Å². The first-order chi connectivity index (χ1) is 5.59. The average Bonchev–Trinajstić information content (AvgIpc) is 2.34. The van der Waals surface area contributed by atoms with Crippen LogP contribution in [0, 0.1) is 0 Å². The Hall–Kier alpha value is -1.79. The average molecular weight is 171 g/mol. The molecule has 0 aliphatic rings. The van der Waals surface area contributed by atoms with Gasteiger partial charge < -0.3 is 20.8 Å². The van der Waals surface area contributed by atoms with Gasteiger partial charge in [-0.2, -0.15) is 0 Å². The Kier molecular flexibility index (Phi) is 2.13. The van der Waals surface area contributed by atoms with E-state index in [1.165, 1.54) is 4.90 Å². The molecule has 0 unspecified atom stereocenters. The molecular weight excluding hydrogens is 162 g/mol. The number of likely N-dealkylation sites (N-methyl/N-ethyl adjacent to an activating group) is 1. The van der Waals surface area contributed by atoms with E-state index < -0.39 is 5.91 Å². The molecule has 0 saturated carbocycles. The summed E-state index contributed by atoms with van der Waals surface area (Å²) in [5.74, 6) is -0.478. The van der Waals surface area contributed by atoms with Gasteiger partial charge in [0.15, 0.2) is 0 Å². The van der Waals surface area contributed by atoms with Crippen LogP contribution < -0.4 is 16.4 Å². The Bertz CT molecular complexity index is 283. The lowest BCUT2D eigenvalue weighted by atomic mass is 10.6. The number of aromatic nitrogens is 2. The fourth-order valence-electron chi connectivity index (χ4n) is 0.682. The molecule has 0 atom stereocenters. The summed E-state index contributed by atoms with van der Waals surface area (Å²) in [5.41, 5.74) is 10.1. The predicted molar refractivity (Wildman–Crippen MR) is 41.2 cm³/mol. The van der Waals surface area contributed by atoms with Crippen molar-refractivity contribution in [3.8, 4) is 0 Å². The monoisotopic (exact) mass is 171 g/mol. The highest BCUT2D eigenvalue weighted by atomic mass is 16.4. The fraction of sp³-hybridized carbons (Fsp3) is 0.400. The SMILES string of the molecule is CN(CC(N)=O)c1nnc(N)o1. The van der Waals surface area contributed by atoms with Gasteiger partial charge in [-0.25, -0.2) is 0 Å². The van der Waals surface area contributed by atoms with Gasteiger partial charge in [0.2, 0.25) is 5.91 Å².